The zero-order valence-electron chi connectivity index (χ0n) is 75.2. The predicted octanol–water partition coefficient (Wildman–Crippen LogP) is 35.4. The van der Waals surface area contributed by atoms with Crippen LogP contribution in [0, 0.1) is 71.6 Å². The molecule has 0 aliphatic heterocycles. The molecule has 12 heteroatoms. The molecule has 24 aromatic rings. The molecule has 0 radical (unpaired) electrons. The molecule has 12 nitrogen and oxygen atoms in total. The van der Waals surface area contributed by atoms with Crippen LogP contribution in [0.2, 0.25) is 0 Å². The highest BCUT2D eigenvalue weighted by molar-refractivity contribution is 6.22. The Labute approximate surface area is 823 Å². The van der Waals surface area contributed by atoms with E-state index in [1.54, 1.807) is 72.8 Å². The largest absolute Gasteiger partial charge is 0.309 e. The van der Waals surface area contributed by atoms with Gasteiger partial charge in [0.2, 0.25) is 0 Å². The van der Waals surface area contributed by atoms with Gasteiger partial charge in [0.25, 0.3) is 0 Å². The van der Waals surface area contributed by atoms with E-state index >= 15 is 0 Å². The number of hydrogen-bond acceptors (Lipinski definition) is 4. The molecule has 0 atom stereocenters. The van der Waals surface area contributed by atoms with Crippen LogP contribution < -0.4 is 0 Å². The molecule has 664 valence electrons. The van der Waals surface area contributed by atoms with Crippen molar-refractivity contribution in [2.24, 2.45) is 0 Å². The lowest BCUT2D eigenvalue weighted by atomic mass is 9.93. The zero-order chi connectivity index (χ0) is 95.1. The fourth-order valence-electron chi connectivity index (χ4n) is 20.0. The van der Waals surface area contributed by atoms with Gasteiger partial charge in [-0.2, -0.15) is 21.0 Å². The van der Waals surface area contributed by atoms with Crippen LogP contribution in [0.4, 0.5) is 22.7 Å². The van der Waals surface area contributed by atoms with Crippen LogP contribution in [0.15, 0.2) is 461 Å². The Morgan fingerprint density at radius 3 is 0.866 bits per heavy atom. The Kier molecular flexibility index (Phi) is 25.5. The first kappa shape index (κ1) is 90.7. The fourth-order valence-corrected chi connectivity index (χ4v) is 20.0. The summed E-state index contributed by atoms with van der Waals surface area (Å²) >= 11 is 0. The van der Waals surface area contributed by atoms with Crippen molar-refractivity contribution in [2.75, 3.05) is 0 Å². The predicted molar refractivity (Wildman–Crippen MR) is 584 cm³/mol. The molecule has 24 rings (SSSR count). The van der Waals surface area contributed by atoms with Crippen molar-refractivity contribution in [3.8, 4) is 136 Å². The average molecular weight is 1810 g/mol. The maximum Gasteiger partial charge on any atom is 0.196 e. The zero-order valence-corrected chi connectivity index (χ0v) is 75.2. The SMILES string of the molecule is C.C.[C-]#[N+]c1cccc(C#N)c1-c1cccc2c1c1cccc(-c3ccccc3)c1n2-c1ccccc1.[C-]#[N+]c1cccc(C#N)c1-c1cccc2c1c1ccccc1n2-c1ccc(-c2ccccc2)cc1.[C-]#[N+]c1cccc(C#N)c1-c1cccc2c1c1ccccc1n2-c1cccc(-c2ccccc2)c1.[C-]#[N+]c1cccc(C#N)c1-c1cccc2c1c1ccccc1n2-c1ccccc1-c1ccccc1. The van der Waals surface area contributed by atoms with E-state index in [0.29, 0.717) is 67.3 Å². The number of benzene rings is 20. The van der Waals surface area contributed by atoms with Crippen LogP contribution in [0.5, 0.6) is 0 Å². The Morgan fingerprint density at radius 1 is 0.190 bits per heavy atom. The second-order valence-electron chi connectivity index (χ2n) is 33.5. The van der Waals surface area contributed by atoms with Crippen molar-refractivity contribution in [2.45, 2.75) is 14.9 Å². The number of nitrogens with zero attached hydrogens (tertiary/aromatic N) is 12. The molecule has 0 fully saturated rings. The highest BCUT2D eigenvalue weighted by Gasteiger charge is 2.27. The topological polar surface area (TPSA) is 132 Å². The maximum atomic E-state index is 9.90. The Morgan fingerprint density at radius 2 is 0.451 bits per heavy atom. The number of rotatable bonds is 12. The van der Waals surface area contributed by atoms with Crippen molar-refractivity contribution in [1.82, 2.24) is 18.3 Å². The summed E-state index contributed by atoms with van der Waals surface area (Å²) in [6.07, 6.45) is 0. The number of aromatic nitrogens is 4. The van der Waals surface area contributed by atoms with Gasteiger partial charge >= 0.3 is 0 Å². The molecule has 0 aliphatic rings. The molecule has 4 heterocycles. The minimum atomic E-state index is 0. The number of nitriles is 4. The summed E-state index contributed by atoms with van der Waals surface area (Å²) in [6.45, 7) is 31.0. The first-order valence-electron chi connectivity index (χ1n) is 45.6. The molecule has 0 aliphatic carbocycles. The van der Waals surface area contributed by atoms with Crippen LogP contribution >= 0.6 is 0 Å². The van der Waals surface area contributed by atoms with E-state index in [2.05, 4.69) is 317 Å². The molecule has 0 saturated heterocycles. The molecule has 142 heavy (non-hydrogen) atoms. The molecule has 0 N–H and O–H groups in total. The fraction of sp³-hybridized carbons (Fsp3) is 0.0154. The minimum absolute atomic E-state index is 0. The van der Waals surface area contributed by atoms with Gasteiger partial charge in [0.05, 0.1) is 100 Å². The summed E-state index contributed by atoms with van der Waals surface area (Å²) in [4.78, 5) is 15.0. The van der Waals surface area contributed by atoms with Gasteiger partial charge in [-0.05, 0) is 165 Å². The van der Waals surface area contributed by atoms with Gasteiger partial charge in [0, 0.05) is 116 Å². The Bertz CT molecular complexity index is 9270. The van der Waals surface area contributed by atoms with E-state index in [9.17, 15) is 21.0 Å². The molecule has 0 amide bonds. The Balaban J connectivity index is 0.000000120. The number of fused-ring (bicyclic) bond motifs is 12. The van der Waals surface area contributed by atoms with E-state index in [4.69, 9.17) is 26.3 Å². The molecule has 0 bridgehead atoms. The van der Waals surface area contributed by atoms with E-state index < -0.39 is 0 Å². The van der Waals surface area contributed by atoms with Crippen molar-refractivity contribution in [1.29, 1.82) is 21.0 Å². The smallest absolute Gasteiger partial charge is 0.196 e. The van der Waals surface area contributed by atoms with E-state index in [0.717, 1.165) is 160 Å². The van der Waals surface area contributed by atoms with E-state index in [1.807, 2.05) is 133 Å². The summed E-state index contributed by atoms with van der Waals surface area (Å²) in [7, 11) is 0. The van der Waals surface area contributed by atoms with Crippen LogP contribution in [0.25, 0.3) is 218 Å². The number of hydrogen-bond donors (Lipinski definition) is 0. The van der Waals surface area contributed by atoms with Crippen LogP contribution in [-0.2, 0) is 0 Å². The van der Waals surface area contributed by atoms with Crippen LogP contribution in [-0.4, -0.2) is 18.3 Å². The normalized spacial score (nSPS) is 10.6. The van der Waals surface area contributed by atoms with Gasteiger partial charge in [-0.25, -0.2) is 19.4 Å². The third-order valence-corrected chi connectivity index (χ3v) is 25.9. The second kappa shape index (κ2) is 40.0. The highest BCUT2D eigenvalue weighted by atomic mass is 15.0. The highest BCUT2D eigenvalue weighted by Crippen LogP contribution is 2.50. The van der Waals surface area contributed by atoms with Gasteiger partial charge < -0.3 is 18.3 Å². The van der Waals surface area contributed by atoms with Gasteiger partial charge in [0.1, 0.15) is 0 Å². The van der Waals surface area contributed by atoms with E-state index in [1.165, 1.54) is 16.7 Å². The molecule has 4 aromatic heterocycles. The molecule has 0 spiro atoms. The molecular formula is C130H84N12. The monoisotopic (exact) mass is 1810 g/mol. The first-order chi connectivity index (χ1) is 69.2. The lowest BCUT2D eigenvalue weighted by Crippen LogP contribution is -1.97. The summed E-state index contributed by atoms with van der Waals surface area (Å²) in [6, 6.07) is 164. The lowest BCUT2D eigenvalue weighted by Gasteiger charge is -2.14. The second-order valence-corrected chi connectivity index (χ2v) is 33.5. The molecule has 20 aromatic carbocycles. The van der Waals surface area contributed by atoms with Crippen LogP contribution in [0.3, 0.4) is 0 Å². The summed E-state index contributed by atoms with van der Waals surface area (Å²) in [5.41, 5.74) is 32.3. The first-order valence-corrected chi connectivity index (χ1v) is 45.6. The molecule has 0 unspecified atom stereocenters. The van der Waals surface area contributed by atoms with Gasteiger partial charge in [-0.3, -0.25) is 0 Å². The molecular weight excluding hydrogens is 1730 g/mol. The van der Waals surface area contributed by atoms with Gasteiger partial charge in [-0.1, -0.05) is 367 Å². The lowest BCUT2D eigenvalue weighted by molar-refractivity contribution is 1.18. The van der Waals surface area contributed by atoms with Crippen LogP contribution in [0.1, 0.15) is 37.1 Å². The molecule has 0 saturated carbocycles. The van der Waals surface area contributed by atoms with Gasteiger partial charge in [-0.15, -0.1) is 0 Å². The quantitative estimate of drug-likeness (QED) is 0.113. The minimum Gasteiger partial charge on any atom is -0.309 e. The summed E-state index contributed by atoms with van der Waals surface area (Å²) in [5.74, 6) is 0. The van der Waals surface area contributed by atoms with Crippen molar-refractivity contribution >= 4 is 110 Å². The summed E-state index contributed by atoms with van der Waals surface area (Å²) < 4.78 is 9.12. The van der Waals surface area contributed by atoms with Gasteiger partial charge in [0.15, 0.2) is 22.7 Å². The maximum absolute atomic E-state index is 9.90. The van der Waals surface area contributed by atoms with Crippen molar-refractivity contribution in [3.05, 3.63) is 529 Å². The third kappa shape index (κ3) is 16.2. The van der Waals surface area contributed by atoms with E-state index in [-0.39, 0.29) is 14.9 Å². The average Bonchev–Trinajstić information content (AvgIpc) is 1.55. The number of para-hydroxylation sites is 6. The third-order valence-electron chi connectivity index (χ3n) is 25.9. The Hall–Kier alpha value is -20.5. The van der Waals surface area contributed by atoms with Crippen molar-refractivity contribution in [3.63, 3.8) is 0 Å². The van der Waals surface area contributed by atoms with Crippen molar-refractivity contribution < 1.29 is 0 Å². The standard InChI is InChI=1S/4C32H19N3.2CH4/c1-34-28-19-8-13-23(21-33)30(28)26-17-10-20-29-31(26)27-18-9-16-25(22-11-4-2-5-12-22)32(27)35(29)24-14-6-3-7-15-24;1-34-27-17-9-13-23(21-33)31(27)26-16-10-20-30-32(26)25-15-6-8-19-29(25)35(30)28-18-7-5-14-24(28)22-11-3-2-4-12-22;1-34-28-17-8-13-24(21-33)31(28)27-16-9-19-30-32(27)26-15-5-6-18-29(26)35(30)25-14-7-12-23(20-25)22-10-3-2-4-11-22;1-34-28-14-7-11-24(21-33)31(28)27-13-8-16-30-32(27)26-12-5-6-15-29(26)35(30)25-19-17-23(18-20-25)22-9-3-2-4-10-22;;/h4*2-20H;2*1H4. The summed E-state index contributed by atoms with van der Waals surface area (Å²) in [5, 5.41) is 48.0.